The van der Waals surface area contributed by atoms with Crippen LogP contribution in [0.3, 0.4) is 0 Å². The molecule has 0 bridgehead atoms. The Bertz CT molecular complexity index is 2690. The monoisotopic (exact) mass is 708 g/mol. The smallest absolute Gasteiger partial charge is 0.164 e. The van der Waals surface area contributed by atoms with Crippen molar-refractivity contribution in [3.8, 4) is 51.0 Å². The third kappa shape index (κ3) is 6.00. The van der Waals surface area contributed by atoms with Crippen molar-refractivity contribution in [2.45, 2.75) is 37.5 Å². The fraction of sp³-hybridized carbons (Fsp3) is 0.118. The van der Waals surface area contributed by atoms with Crippen LogP contribution in [0.1, 0.15) is 43.2 Å². The van der Waals surface area contributed by atoms with Gasteiger partial charge in [-0.15, -0.1) is 0 Å². The Morgan fingerprint density at radius 3 is 1.42 bits per heavy atom. The topological polar surface area (TPSA) is 43.6 Å². The predicted molar refractivity (Wildman–Crippen MR) is 226 cm³/mol. The average molecular weight is 709 g/mol. The summed E-state index contributed by atoms with van der Waals surface area (Å²) in [5.41, 5.74) is 11.7. The Labute approximate surface area is 321 Å². The van der Waals surface area contributed by atoms with Gasteiger partial charge in [0.2, 0.25) is 0 Å². The second-order valence-electron chi connectivity index (χ2n) is 14.8. The van der Waals surface area contributed by atoms with E-state index in [-0.39, 0.29) is 5.41 Å². The molecule has 264 valence electrons. The van der Waals surface area contributed by atoms with E-state index < -0.39 is 0 Å². The van der Waals surface area contributed by atoms with Crippen LogP contribution >= 0.6 is 0 Å². The molecule has 0 saturated heterocycles. The highest BCUT2D eigenvalue weighted by Crippen LogP contribution is 2.47. The molecule has 0 N–H and O–H groups in total. The van der Waals surface area contributed by atoms with Gasteiger partial charge >= 0.3 is 0 Å². The first-order valence-electron chi connectivity index (χ1n) is 19.4. The highest BCUT2D eigenvalue weighted by atomic mass is 15.0. The lowest BCUT2D eigenvalue weighted by Crippen LogP contribution is -2.30. The number of fused-ring (bicyclic) bond motifs is 3. The maximum Gasteiger partial charge on any atom is 0.164 e. The predicted octanol–water partition coefficient (Wildman–Crippen LogP) is 12.9. The lowest BCUT2D eigenvalue weighted by Gasteiger charge is -2.39. The van der Waals surface area contributed by atoms with Crippen molar-refractivity contribution < 1.29 is 0 Å². The van der Waals surface area contributed by atoms with Gasteiger partial charge in [-0.25, -0.2) is 15.0 Å². The van der Waals surface area contributed by atoms with E-state index in [1.807, 2.05) is 36.4 Å². The first kappa shape index (κ1) is 33.0. The molecule has 1 saturated carbocycles. The van der Waals surface area contributed by atoms with Gasteiger partial charge in [-0.1, -0.05) is 171 Å². The van der Waals surface area contributed by atoms with Crippen molar-refractivity contribution in [3.05, 3.63) is 193 Å². The maximum absolute atomic E-state index is 5.00. The molecule has 1 fully saturated rings. The van der Waals surface area contributed by atoms with Crippen LogP contribution in [0.25, 0.3) is 72.8 Å². The van der Waals surface area contributed by atoms with Crippen molar-refractivity contribution in [1.82, 2.24) is 19.5 Å². The molecule has 2 aromatic heterocycles. The molecular weight excluding hydrogens is 669 g/mol. The lowest BCUT2D eigenvalue weighted by molar-refractivity contribution is 0.346. The van der Waals surface area contributed by atoms with Gasteiger partial charge in [0.05, 0.1) is 11.0 Å². The second kappa shape index (κ2) is 14.0. The van der Waals surface area contributed by atoms with E-state index in [9.17, 15) is 0 Å². The van der Waals surface area contributed by atoms with Crippen molar-refractivity contribution in [1.29, 1.82) is 0 Å². The Hall–Kier alpha value is -6.65. The number of hydrogen-bond acceptors (Lipinski definition) is 3. The molecule has 0 aliphatic heterocycles. The molecule has 1 aliphatic rings. The number of nitrogens with zero attached hydrogens (tertiary/aromatic N) is 4. The average Bonchev–Trinajstić information content (AvgIpc) is 3.61. The third-order valence-corrected chi connectivity index (χ3v) is 11.6. The molecule has 9 aromatic rings. The highest BCUT2D eigenvalue weighted by Gasteiger charge is 2.36. The standard InChI is InChI=1S/C51H40N4/c1-5-15-36(16-6-1)37-25-30-43(31-26-37)55-46-22-12-11-21-44(46)45-35-42(29-32-47(45)55)51(33-13-4-14-34-51)41-27-23-40(24-28-41)50-53-48(38-17-7-2-8-18-38)52-49(54-50)39-19-9-3-10-20-39/h1-3,5-12,15-32,35H,4,13-14,33-34H2. The van der Waals surface area contributed by atoms with Gasteiger partial charge in [-0.05, 0) is 65.4 Å². The molecule has 7 aromatic carbocycles. The van der Waals surface area contributed by atoms with Gasteiger partial charge in [0, 0.05) is 38.6 Å². The van der Waals surface area contributed by atoms with Gasteiger partial charge in [0.25, 0.3) is 0 Å². The SMILES string of the molecule is c1ccc(-c2ccc(-n3c4ccccc4c4cc(C5(c6ccc(-c7nc(-c8ccccc8)nc(-c8ccccc8)n7)cc6)CCCCC5)ccc43)cc2)cc1. The van der Waals surface area contributed by atoms with Crippen molar-refractivity contribution >= 4 is 21.8 Å². The van der Waals surface area contributed by atoms with Crippen LogP contribution in [-0.2, 0) is 5.41 Å². The van der Waals surface area contributed by atoms with Gasteiger partial charge in [0.1, 0.15) is 0 Å². The zero-order valence-electron chi connectivity index (χ0n) is 30.6. The van der Waals surface area contributed by atoms with E-state index in [0.29, 0.717) is 17.5 Å². The number of rotatable bonds is 7. The van der Waals surface area contributed by atoms with Crippen LogP contribution in [0.4, 0.5) is 0 Å². The van der Waals surface area contributed by atoms with Gasteiger partial charge in [0.15, 0.2) is 17.5 Å². The molecule has 0 spiro atoms. The molecule has 0 radical (unpaired) electrons. The summed E-state index contributed by atoms with van der Waals surface area (Å²) in [6, 6.07) is 65.1. The minimum absolute atomic E-state index is 0.0744. The summed E-state index contributed by atoms with van der Waals surface area (Å²) in [7, 11) is 0. The Balaban J connectivity index is 1.05. The molecule has 10 rings (SSSR count). The zero-order valence-corrected chi connectivity index (χ0v) is 30.6. The van der Waals surface area contributed by atoms with Crippen LogP contribution in [0.2, 0.25) is 0 Å². The van der Waals surface area contributed by atoms with E-state index in [1.54, 1.807) is 0 Å². The maximum atomic E-state index is 5.00. The minimum Gasteiger partial charge on any atom is -0.309 e. The van der Waals surface area contributed by atoms with E-state index >= 15 is 0 Å². The van der Waals surface area contributed by atoms with E-state index in [2.05, 4.69) is 150 Å². The second-order valence-corrected chi connectivity index (χ2v) is 14.8. The summed E-state index contributed by atoms with van der Waals surface area (Å²) in [5.74, 6) is 2.04. The fourth-order valence-electron chi connectivity index (χ4n) is 8.76. The summed E-state index contributed by atoms with van der Waals surface area (Å²) in [6.07, 6.45) is 5.95. The Kier molecular flexibility index (Phi) is 8.37. The number of benzene rings is 7. The number of hydrogen-bond donors (Lipinski definition) is 0. The third-order valence-electron chi connectivity index (χ3n) is 11.6. The molecule has 2 heterocycles. The first-order valence-corrected chi connectivity index (χ1v) is 19.4. The van der Waals surface area contributed by atoms with Crippen LogP contribution in [0, 0.1) is 0 Å². The molecule has 4 nitrogen and oxygen atoms in total. The van der Waals surface area contributed by atoms with Crippen molar-refractivity contribution in [2.24, 2.45) is 0 Å². The van der Waals surface area contributed by atoms with Crippen LogP contribution in [-0.4, -0.2) is 19.5 Å². The summed E-state index contributed by atoms with van der Waals surface area (Å²) in [6.45, 7) is 0. The molecule has 0 unspecified atom stereocenters. The van der Waals surface area contributed by atoms with Gasteiger partial charge in [-0.2, -0.15) is 0 Å². The zero-order chi connectivity index (χ0) is 36.6. The van der Waals surface area contributed by atoms with Gasteiger partial charge in [-0.3, -0.25) is 0 Å². The van der Waals surface area contributed by atoms with E-state index in [4.69, 9.17) is 15.0 Å². The lowest BCUT2D eigenvalue weighted by atomic mass is 9.65. The summed E-state index contributed by atoms with van der Waals surface area (Å²) in [5, 5.41) is 2.58. The fourth-order valence-corrected chi connectivity index (χ4v) is 8.76. The van der Waals surface area contributed by atoms with E-state index in [0.717, 1.165) is 29.5 Å². The summed E-state index contributed by atoms with van der Waals surface area (Å²) >= 11 is 0. The van der Waals surface area contributed by atoms with Crippen LogP contribution in [0.5, 0.6) is 0 Å². The molecule has 0 atom stereocenters. The first-order chi connectivity index (χ1) is 27.2. The minimum atomic E-state index is -0.0744. The van der Waals surface area contributed by atoms with Crippen LogP contribution < -0.4 is 0 Å². The highest BCUT2D eigenvalue weighted by molar-refractivity contribution is 6.09. The quantitative estimate of drug-likeness (QED) is 0.166. The van der Waals surface area contributed by atoms with E-state index in [1.165, 1.54) is 69.0 Å². The molecule has 0 amide bonds. The Morgan fingerprint density at radius 2 is 0.818 bits per heavy atom. The molecule has 4 heteroatoms. The number of aromatic nitrogens is 4. The molecular formula is C51H40N4. The normalized spacial score (nSPS) is 14.0. The Morgan fingerprint density at radius 1 is 0.364 bits per heavy atom. The van der Waals surface area contributed by atoms with Gasteiger partial charge < -0.3 is 4.57 Å². The van der Waals surface area contributed by atoms with Crippen molar-refractivity contribution in [2.75, 3.05) is 0 Å². The summed E-state index contributed by atoms with van der Waals surface area (Å²) in [4.78, 5) is 14.9. The summed E-state index contributed by atoms with van der Waals surface area (Å²) < 4.78 is 2.42. The number of para-hydroxylation sites is 1. The largest absolute Gasteiger partial charge is 0.309 e. The van der Waals surface area contributed by atoms with Crippen LogP contribution in [0.15, 0.2) is 182 Å². The van der Waals surface area contributed by atoms with Crippen molar-refractivity contribution in [3.63, 3.8) is 0 Å². The molecule has 1 aliphatic carbocycles. The molecule has 55 heavy (non-hydrogen) atoms.